The summed E-state index contributed by atoms with van der Waals surface area (Å²) in [6, 6.07) is 14.3. The number of ether oxygens (including phenoxy) is 1. The Morgan fingerprint density at radius 2 is 2.00 bits per heavy atom. The number of hydrogen-bond donors (Lipinski definition) is 0. The van der Waals surface area contributed by atoms with Gasteiger partial charge < -0.3 is 9.57 Å². The van der Waals surface area contributed by atoms with E-state index in [1.807, 2.05) is 24.3 Å². The van der Waals surface area contributed by atoms with Crippen molar-refractivity contribution < 1.29 is 9.57 Å². The van der Waals surface area contributed by atoms with E-state index in [0.29, 0.717) is 21.4 Å². The average molecular weight is 335 g/mol. The van der Waals surface area contributed by atoms with Crippen LogP contribution < -0.4 is 4.74 Å². The molecule has 0 aliphatic carbocycles. The average Bonchev–Trinajstić information content (AvgIpc) is 2.52. The van der Waals surface area contributed by atoms with Gasteiger partial charge in [-0.1, -0.05) is 52.6 Å². The highest BCUT2D eigenvalue weighted by atomic mass is 35.5. The van der Waals surface area contributed by atoms with Crippen molar-refractivity contribution in [2.24, 2.45) is 5.16 Å². The molecule has 0 saturated heterocycles. The lowest BCUT2D eigenvalue weighted by molar-refractivity contribution is 0.214. The number of rotatable bonds is 5. The van der Waals surface area contributed by atoms with Gasteiger partial charge >= 0.3 is 0 Å². The lowest BCUT2D eigenvalue weighted by Crippen LogP contribution is -2.06. The summed E-state index contributed by atoms with van der Waals surface area (Å²) in [7, 11) is 1.39. The van der Waals surface area contributed by atoms with Crippen LogP contribution in [-0.4, -0.2) is 12.8 Å². The maximum Gasteiger partial charge on any atom is 0.187 e. The molecule has 0 atom stereocenters. The third-order valence-electron chi connectivity index (χ3n) is 2.84. The van der Waals surface area contributed by atoms with Crippen LogP contribution in [0.25, 0.3) is 0 Å². The maximum atomic E-state index is 9.16. The Labute approximate surface area is 138 Å². The van der Waals surface area contributed by atoms with Gasteiger partial charge in [0.2, 0.25) is 0 Å². The van der Waals surface area contributed by atoms with Crippen LogP contribution in [0.15, 0.2) is 47.6 Å². The van der Waals surface area contributed by atoms with Crippen LogP contribution in [-0.2, 0) is 11.4 Å². The van der Waals surface area contributed by atoms with Gasteiger partial charge in [0.25, 0.3) is 0 Å². The SMILES string of the molecule is CO/N=C(/C#N)c1ccccc1COc1ccc(Cl)cc1Cl. The van der Waals surface area contributed by atoms with Crippen LogP contribution in [0.2, 0.25) is 10.0 Å². The highest BCUT2D eigenvalue weighted by Gasteiger charge is 2.11. The zero-order valence-electron chi connectivity index (χ0n) is 11.7. The molecule has 0 aliphatic heterocycles. The Balaban J connectivity index is 2.24. The number of halogens is 2. The molecule has 0 heterocycles. The normalized spacial score (nSPS) is 10.9. The van der Waals surface area contributed by atoms with Gasteiger partial charge in [0.15, 0.2) is 5.71 Å². The molecule has 22 heavy (non-hydrogen) atoms. The molecule has 6 heteroatoms. The predicted molar refractivity (Wildman–Crippen MR) is 86.4 cm³/mol. The molecule has 0 unspecified atom stereocenters. The molecule has 0 N–H and O–H groups in total. The van der Waals surface area contributed by atoms with Crippen LogP contribution in [0.4, 0.5) is 0 Å². The predicted octanol–water partition coefficient (Wildman–Crippen LogP) is 4.45. The number of oxime groups is 1. The van der Waals surface area contributed by atoms with E-state index in [1.54, 1.807) is 24.3 Å². The second-order valence-electron chi connectivity index (χ2n) is 4.25. The minimum Gasteiger partial charge on any atom is -0.487 e. The van der Waals surface area contributed by atoms with E-state index in [0.717, 1.165) is 5.56 Å². The van der Waals surface area contributed by atoms with Crippen molar-refractivity contribution in [2.75, 3.05) is 7.11 Å². The summed E-state index contributed by atoms with van der Waals surface area (Å²) in [6.07, 6.45) is 0. The van der Waals surface area contributed by atoms with E-state index in [2.05, 4.69) is 9.99 Å². The van der Waals surface area contributed by atoms with E-state index < -0.39 is 0 Å². The van der Waals surface area contributed by atoms with Crippen molar-refractivity contribution in [1.29, 1.82) is 5.26 Å². The third-order valence-corrected chi connectivity index (χ3v) is 3.37. The lowest BCUT2D eigenvalue weighted by Gasteiger charge is -2.11. The fourth-order valence-corrected chi connectivity index (χ4v) is 2.31. The zero-order chi connectivity index (χ0) is 15.9. The quantitative estimate of drug-likeness (QED) is 0.599. The van der Waals surface area contributed by atoms with Gasteiger partial charge in [0, 0.05) is 10.6 Å². The van der Waals surface area contributed by atoms with Gasteiger partial charge in [-0.2, -0.15) is 5.26 Å². The molecule has 0 radical (unpaired) electrons. The summed E-state index contributed by atoms with van der Waals surface area (Å²) in [4.78, 5) is 4.69. The molecule has 0 bridgehead atoms. The largest absolute Gasteiger partial charge is 0.487 e. The minimum absolute atomic E-state index is 0.184. The third kappa shape index (κ3) is 3.91. The molecule has 4 nitrogen and oxygen atoms in total. The van der Waals surface area contributed by atoms with Gasteiger partial charge in [0.1, 0.15) is 25.5 Å². The topological polar surface area (TPSA) is 54.6 Å². The van der Waals surface area contributed by atoms with Crippen LogP contribution in [0, 0.1) is 11.3 Å². The molecule has 0 saturated carbocycles. The summed E-state index contributed by atoms with van der Waals surface area (Å²) in [5.41, 5.74) is 1.63. The van der Waals surface area contributed by atoms with Gasteiger partial charge in [0.05, 0.1) is 5.02 Å². The van der Waals surface area contributed by atoms with Gasteiger partial charge in [-0.05, 0) is 23.8 Å². The van der Waals surface area contributed by atoms with E-state index in [9.17, 15) is 0 Å². The molecular weight excluding hydrogens is 323 g/mol. The van der Waals surface area contributed by atoms with Gasteiger partial charge in [-0.3, -0.25) is 0 Å². The first-order valence-electron chi connectivity index (χ1n) is 6.33. The molecule has 0 aliphatic rings. The Bertz CT molecular complexity index is 739. The van der Waals surface area contributed by atoms with Crippen molar-refractivity contribution in [1.82, 2.24) is 0 Å². The fraction of sp³-hybridized carbons (Fsp3) is 0.125. The van der Waals surface area contributed by atoms with Crippen LogP contribution in [0.1, 0.15) is 11.1 Å². The fourth-order valence-electron chi connectivity index (χ4n) is 1.85. The van der Waals surface area contributed by atoms with E-state index in [-0.39, 0.29) is 12.3 Å². The highest BCUT2D eigenvalue weighted by Crippen LogP contribution is 2.28. The number of benzene rings is 2. The molecule has 2 rings (SSSR count). The van der Waals surface area contributed by atoms with Crippen LogP contribution >= 0.6 is 23.2 Å². The van der Waals surface area contributed by atoms with Crippen LogP contribution in [0.3, 0.4) is 0 Å². The molecule has 0 spiro atoms. The van der Waals surface area contributed by atoms with Crippen molar-refractivity contribution in [3.63, 3.8) is 0 Å². The first-order valence-corrected chi connectivity index (χ1v) is 7.08. The highest BCUT2D eigenvalue weighted by molar-refractivity contribution is 6.35. The molecule has 112 valence electrons. The van der Waals surface area contributed by atoms with Crippen molar-refractivity contribution >= 4 is 28.9 Å². The molecule has 0 aromatic heterocycles. The number of nitriles is 1. The monoisotopic (exact) mass is 334 g/mol. The van der Waals surface area contributed by atoms with Gasteiger partial charge in [-0.25, -0.2) is 0 Å². The number of hydrogen-bond acceptors (Lipinski definition) is 4. The Morgan fingerprint density at radius 1 is 1.23 bits per heavy atom. The lowest BCUT2D eigenvalue weighted by atomic mass is 10.0. The smallest absolute Gasteiger partial charge is 0.187 e. The summed E-state index contributed by atoms with van der Waals surface area (Å²) in [5.74, 6) is 0.517. The first-order chi connectivity index (χ1) is 10.7. The molecule has 2 aromatic rings. The molecule has 0 amide bonds. The van der Waals surface area contributed by atoms with Crippen molar-refractivity contribution in [2.45, 2.75) is 6.61 Å². The molecule has 2 aromatic carbocycles. The zero-order valence-corrected chi connectivity index (χ0v) is 13.2. The standard InChI is InChI=1S/C16H12Cl2N2O2/c1-21-20-15(9-19)13-5-3-2-4-11(13)10-22-16-7-6-12(17)8-14(16)18/h2-8H,10H2,1H3/b20-15-. The van der Waals surface area contributed by atoms with E-state index >= 15 is 0 Å². The minimum atomic E-state index is 0.184. The van der Waals surface area contributed by atoms with Crippen molar-refractivity contribution in [3.8, 4) is 11.8 Å². The maximum absolute atomic E-state index is 9.16. The Morgan fingerprint density at radius 3 is 2.68 bits per heavy atom. The summed E-state index contributed by atoms with van der Waals surface area (Å²) in [6.45, 7) is 0.238. The summed E-state index contributed by atoms with van der Waals surface area (Å²) in [5, 5.41) is 13.8. The molecule has 0 fully saturated rings. The number of nitrogens with zero attached hydrogens (tertiary/aromatic N) is 2. The van der Waals surface area contributed by atoms with Gasteiger partial charge in [-0.15, -0.1) is 0 Å². The first kappa shape index (κ1) is 16.2. The molecular formula is C16H12Cl2N2O2. The van der Waals surface area contributed by atoms with E-state index in [4.69, 9.17) is 33.2 Å². The second kappa shape index (κ2) is 7.69. The second-order valence-corrected chi connectivity index (χ2v) is 5.10. The Hall–Kier alpha value is -2.22. The summed E-state index contributed by atoms with van der Waals surface area (Å²) < 4.78 is 5.70. The van der Waals surface area contributed by atoms with E-state index in [1.165, 1.54) is 7.11 Å². The van der Waals surface area contributed by atoms with Crippen molar-refractivity contribution in [3.05, 3.63) is 63.6 Å². The van der Waals surface area contributed by atoms with Crippen LogP contribution in [0.5, 0.6) is 5.75 Å². The summed E-state index contributed by atoms with van der Waals surface area (Å²) >= 11 is 11.9. The Kier molecular flexibility index (Phi) is 5.65.